The number of benzene rings is 3. The van der Waals surface area contributed by atoms with E-state index in [4.69, 9.17) is 9.47 Å². The summed E-state index contributed by atoms with van der Waals surface area (Å²) in [5.41, 5.74) is 3.18. The molecule has 0 aliphatic carbocycles. The Morgan fingerprint density at radius 3 is 2.31 bits per heavy atom. The molecule has 3 aromatic rings. The predicted octanol–water partition coefficient (Wildman–Crippen LogP) is 4.35. The number of rotatable bonds is 8. The van der Waals surface area contributed by atoms with Crippen LogP contribution in [0.25, 0.3) is 5.76 Å². The van der Waals surface area contributed by atoms with Crippen molar-refractivity contribution in [3.8, 4) is 11.5 Å². The summed E-state index contributed by atoms with van der Waals surface area (Å²) >= 11 is 0. The fourth-order valence-corrected chi connectivity index (χ4v) is 4.10. The van der Waals surface area contributed by atoms with Gasteiger partial charge in [0.1, 0.15) is 23.9 Å². The third-order valence-electron chi connectivity index (χ3n) is 6.07. The standard InChI is InChI=1S/C28H27NO6/c1-18-5-3-4-6-21(18)17-35-23-13-9-20(10-14-23)26(31)24-25(19-7-11-22(30)12-8-19)29(15-16-34-2)28(33)27(24)32/h3-14,25,30-31H,15-17H2,1-2H3/b26-24+. The molecule has 1 unspecified atom stereocenters. The minimum Gasteiger partial charge on any atom is -0.508 e. The Bertz CT molecular complexity index is 1250. The summed E-state index contributed by atoms with van der Waals surface area (Å²) in [5.74, 6) is -1.08. The Hall–Kier alpha value is -4.10. The van der Waals surface area contributed by atoms with Crippen LogP contribution >= 0.6 is 0 Å². The molecule has 7 nitrogen and oxygen atoms in total. The molecular weight excluding hydrogens is 446 g/mol. The zero-order valence-corrected chi connectivity index (χ0v) is 19.6. The summed E-state index contributed by atoms with van der Waals surface area (Å²) in [6.07, 6.45) is 0. The molecule has 7 heteroatoms. The van der Waals surface area contributed by atoms with Gasteiger partial charge >= 0.3 is 0 Å². The van der Waals surface area contributed by atoms with Crippen molar-refractivity contribution in [3.05, 3.63) is 101 Å². The number of phenolic OH excluding ortho intramolecular Hbond substituents is 1. The molecule has 180 valence electrons. The van der Waals surface area contributed by atoms with E-state index in [9.17, 15) is 19.8 Å². The SMILES string of the molecule is COCCN1C(=O)C(=O)/C(=C(/O)c2ccc(OCc3ccccc3C)cc2)C1c1ccc(O)cc1. The number of methoxy groups -OCH3 is 1. The van der Waals surface area contributed by atoms with E-state index >= 15 is 0 Å². The Morgan fingerprint density at radius 1 is 0.971 bits per heavy atom. The number of ketones is 1. The first kappa shape index (κ1) is 24.0. The number of aromatic hydroxyl groups is 1. The Kier molecular flexibility index (Phi) is 7.17. The van der Waals surface area contributed by atoms with Gasteiger partial charge in [0.25, 0.3) is 11.7 Å². The second-order valence-corrected chi connectivity index (χ2v) is 8.32. The topological polar surface area (TPSA) is 96.3 Å². The van der Waals surface area contributed by atoms with Gasteiger partial charge in [0.15, 0.2) is 0 Å². The largest absolute Gasteiger partial charge is 0.508 e. The van der Waals surface area contributed by atoms with Crippen molar-refractivity contribution < 1.29 is 29.3 Å². The summed E-state index contributed by atoms with van der Waals surface area (Å²) in [6, 6.07) is 20.1. The van der Waals surface area contributed by atoms with Crippen LogP contribution in [0.4, 0.5) is 0 Å². The molecule has 0 spiro atoms. The highest BCUT2D eigenvalue weighted by molar-refractivity contribution is 6.46. The van der Waals surface area contributed by atoms with Gasteiger partial charge in [-0.25, -0.2) is 0 Å². The van der Waals surface area contributed by atoms with Crippen molar-refractivity contribution in [3.63, 3.8) is 0 Å². The van der Waals surface area contributed by atoms with Gasteiger partial charge in [-0.15, -0.1) is 0 Å². The zero-order valence-electron chi connectivity index (χ0n) is 19.6. The molecule has 1 heterocycles. The van der Waals surface area contributed by atoms with Crippen molar-refractivity contribution in [1.29, 1.82) is 0 Å². The van der Waals surface area contributed by atoms with Gasteiger partial charge in [-0.2, -0.15) is 0 Å². The second-order valence-electron chi connectivity index (χ2n) is 8.32. The summed E-state index contributed by atoms with van der Waals surface area (Å²) in [4.78, 5) is 27.2. The fraction of sp³-hybridized carbons (Fsp3) is 0.214. The van der Waals surface area contributed by atoms with Crippen molar-refractivity contribution in [2.75, 3.05) is 20.3 Å². The molecule has 0 saturated carbocycles. The number of amides is 1. The number of hydrogen-bond acceptors (Lipinski definition) is 6. The van der Waals surface area contributed by atoms with Crippen LogP contribution in [0.3, 0.4) is 0 Å². The molecule has 0 bridgehead atoms. The summed E-state index contributed by atoms with van der Waals surface area (Å²) in [7, 11) is 1.51. The van der Waals surface area contributed by atoms with Gasteiger partial charge in [-0.3, -0.25) is 9.59 Å². The van der Waals surface area contributed by atoms with Crippen LogP contribution in [-0.4, -0.2) is 47.1 Å². The first-order valence-electron chi connectivity index (χ1n) is 11.2. The summed E-state index contributed by atoms with van der Waals surface area (Å²) < 4.78 is 11.0. The molecule has 3 aromatic carbocycles. The van der Waals surface area contributed by atoms with Crippen LogP contribution in [0.2, 0.25) is 0 Å². The zero-order chi connectivity index (χ0) is 24.9. The number of nitrogens with zero attached hydrogens (tertiary/aromatic N) is 1. The summed E-state index contributed by atoms with van der Waals surface area (Å²) in [6.45, 7) is 2.83. The van der Waals surface area contributed by atoms with E-state index in [1.54, 1.807) is 36.4 Å². The molecule has 0 aromatic heterocycles. The third kappa shape index (κ3) is 5.05. The predicted molar refractivity (Wildman–Crippen MR) is 131 cm³/mol. The lowest BCUT2D eigenvalue weighted by Crippen LogP contribution is -2.32. The van der Waals surface area contributed by atoms with Gasteiger partial charge in [0, 0.05) is 19.2 Å². The molecule has 1 saturated heterocycles. The van der Waals surface area contributed by atoms with E-state index < -0.39 is 17.7 Å². The maximum absolute atomic E-state index is 13.0. The first-order valence-corrected chi connectivity index (χ1v) is 11.2. The smallest absolute Gasteiger partial charge is 0.295 e. The molecule has 2 N–H and O–H groups in total. The molecule has 0 radical (unpaired) electrons. The number of phenols is 1. The lowest BCUT2D eigenvalue weighted by atomic mass is 9.95. The number of Topliss-reactive ketones (excluding diaryl/α,β-unsaturated/α-hetero) is 1. The second kappa shape index (κ2) is 10.4. The third-order valence-corrected chi connectivity index (χ3v) is 6.07. The molecule has 1 aliphatic heterocycles. The number of hydrogen-bond donors (Lipinski definition) is 2. The van der Waals surface area contributed by atoms with E-state index in [2.05, 4.69) is 0 Å². The van der Waals surface area contributed by atoms with Gasteiger partial charge < -0.3 is 24.6 Å². The van der Waals surface area contributed by atoms with Gasteiger partial charge in [-0.1, -0.05) is 36.4 Å². The van der Waals surface area contributed by atoms with E-state index in [-0.39, 0.29) is 30.2 Å². The molecule has 1 amide bonds. The summed E-state index contributed by atoms with van der Waals surface area (Å²) in [5, 5.41) is 20.8. The lowest BCUT2D eigenvalue weighted by Gasteiger charge is -2.25. The number of aryl methyl sites for hydroxylation is 1. The molecule has 35 heavy (non-hydrogen) atoms. The van der Waals surface area contributed by atoms with E-state index in [1.807, 2.05) is 31.2 Å². The quantitative estimate of drug-likeness (QED) is 0.287. The van der Waals surface area contributed by atoms with Crippen molar-refractivity contribution >= 4 is 17.4 Å². The van der Waals surface area contributed by atoms with Crippen molar-refractivity contribution in [2.45, 2.75) is 19.6 Å². The minimum atomic E-state index is -0.803. The van der Waals surface area contributed by atoms with Crippen LogP contribution in [0.1, 0.15) is 28.3 Å². The monoisotopic (exact) mass is 473 g/mol. The maximum Gasteiger partial charge on any atom is 0.295 e. The van der Waals surface area contributed by atoms with Crippen molar-refractivity contribution in [1.82, 2.24) is 4.90 Å². The number of aliphatic hydroxyl groups excluding tert-OH is 1. The van der Waals surface area contributed by atoms with Gasteiger partial charge in [-0.05, 0) is 60.0 Å². The Morgan fingerprint density at radius 2 is 1.66 bits per heavy atom. The highest BCUT2D eigenvalue weighted by Gasteiger charge is 2.45. The van der Waals surface area contributed by atoms with Crippen molar-refractivity contribution in [2.24, 2.45) is 0 Å². The number of ether oxygens (including phenoxy) is 2. The van der Waals surface area contributed by atoms with Gasteiger partial charge in [0.2, 0.25) is 0 Å². The van der Waals surface area contributed by atoms with E-state index in [0.29, 0.717) is 23.5 Å². The number of carbonyl (C=O) groups excluding carboxylic acids is 2. The average molecular weight is 474 g/mol. The van der Waals surface area contributed by atoms with Crippen LogP contribution in [0.5, 0.6) is 11.5 Å². The molecular formula is C28H27NO6. The Labute approximate surface area is 203 Å². The van der Waals surface area contributed by atoms with Crippen LogP contribution in [0, 0.1) is 6.92 Å². The molecule has 1 aliphatic rings. The lowest BCUT2D eigenvalue weighted by molar-refractivity contribution is -0.140. The first-order chi connectivity index (χ1) is 16.9. The molecule has 1 fully saturated rings. The highest BCUT2D eigenvalue weighted by Crippen LogP contribution is 2.39. The van der Waals surface area contributed by atoms with Crippen LogP contribution < -0.4 is 4.74 Å². The average Bonchev–Trinajstić information content (AvgIpc) is 3.12. The van der Waals surface area contributed by atoms with Crippen LogP contribution in [0.15, 0.2) is 78.4 Å². The Balaban J connectivity index is 1.64. The molecule has 1 atom stereocenters. The minimum absolute atomic E-state index is 0.00892. The van der Waals surface area contributed by atoms with E-state index in [1.165, 1.54) is 24.1 Å². The number of aliphatic hydroxyl groups is 1. The number of likely N-dealkylation sites (tertiary alicyclic amines) is 1. The molecule has 4 rings (SSSR count). The number of carbonyl (C=O) groups is 2. The van der Waals surface area contributed by atoms with E-state index in [0.717, 1.165) is 11.1 Å². The van der Waals surface area contributed by atoms with Gasteiger partial charge in [0.05, 0.1) is 18.2 Å². The van der Waals surface area contributed by atoms with Crippen LogP contribution in [-0.2, 0) is 20.9 Å². The fourth-order valence-electron chi connectivity index (χ4n) is 4.10. The maximum atomic E-state index is 13.0. The highest BCUT2D eigenvalue weighted by atomic mass is 16.5. The normalized spacial score (nSPS) is 17.1.